The first-order valence-corrected chi connectivity index (χ1v) is 9.67. The van der Waals surface area contributed by atoms with Crippen LogP contribution < -0.4 is 4.90 Å². The lowest BCUT2D eigenvalue weighted by Crippen LogP contribution is -2.31. The first kappa shape index (κ1) is 16.8. The third kappa shape index (κ3) is 3.63. The molecule has 0 saturated carbocycles. The van der Waals surface area contributed by atoms with Crippen LogP contribution in [0.3, 0.4) is 0 Å². The molecule has 0 fully saturated rings. The Morgan fingerprint density at radius 3 is 2.85 bits per heavy atom. The summed E-state index contributed by atoms with van der Waals surface area (Å²) < 4.78 is 14.2. The average molecular weight is 383 g/mol. The predicted octanol–water partition coefficient (Wildman–Crippen LogP) is 4.67. The number of halogens is 1. The van der Waals surface area contributed by atoms with E-state index in [0.717, 1.165) is 15.3 Å². The largest absolute Gasteiger partial charge is 0.282 e. The number of pyridine rings is 1. The Bertz CT molecular complexity index is 1030. The fraction of sp³-hybridized carbons (Fsp3) is 0.105. The molecule has 26 heavy (non-hydrogen) atoms. The van der Waals surface area contributed by atoms with Crippen LogP contribution in [0.15, 0.2) is 60.1 Å². The third-order valence-electron chi connectivity index (χ3n) is 3.82. The van der Waals surface area contributed by atoms with Crippen molar-refractivity contribution >= 4 is 43.9 Å². The van der Waals surface area contributed by atoms with Crippen molar-refractivity contribution in [2.24, 2.45) is 0 Å². The number of hydrogen-bond donors (Lipinski definition) is 0. The summed E-state index contributed by atoms with van der Waals surface area (Å²) >= 11 is 2.86. The first-order chi connectivity index (χ1) is 12.7. The molecule has 1 amide bonds. The van der Waals surface area contributed by atoms with Gasteiger partial charge in [0.25, 0.3) is 0 Å². The van der Waals surface area contributed by atoms with E-state index in [-0.39, 0.29) is 11.7 Å². The van der Waals surface area contributed by atoms with Crippen LogP contribution in [0.4, 0.5) is 9.52 Å². The zero-order chi connectivity index (χ0) is 17.9. The number of nitrogens with zero attached hydrogens (tertiary/aromatic N) is 3. The number of anilines is 1. The number of carbonyl (C=O) groups is 1. The van der Waals surface area contributed by atoms with Gasteiger partial charge in [0.2, 0.25) is 5.91 Å². The summed E-state index contributed by atoms with van der Waals surface area (Å²) in [5.41, 5.74) is 1.46. The van der Waals surface area contributed by atoms with Crippen molar-refractivity contribution < 1.29 is 9.18 Å². The highest BCUT2D eigenvalue weighted by Crippen LogP contribution is 2.30. The summed E-state index contributed by atoms with van der Waals surface area (Å²) in [6.07, 6.45) is 2.00. The summed E-state index contributed by atoms with van der Waals surface area (Å²) in [6, 6.07) is 13.9. The van der Waals surface area contributed by atoms with Gasteiger partial charge in [0.15, 0.2) is 5.13 Å². The van der Waals surface area contributed by atoms with Crippen molar-refractivity contribution in [2.75, 3.05) is 4.90 Å². The molecule has 4 rings (SSSR count). The minimum absolute atomic E-state index is 0.0577. The first-order valence-electron chi connectivity index (χ1n) is 7.98. The van der Waals surface area contributed by atoms with Crippen molar-refractivity contribution in [1.29, 1.82) is 0 Å². The van der Waals surface area contributed by atoms with Crippen LogP contribution in [-0.4, -0.2) is 15.9 Å². The smallest absolute Gasteiger partial charge is 0.234 e. The van der Waals surface area contributed by atoms with Gasteiger partial charge in [0, 0.05) is 11.1 Å². The molecule has 0 aliphatic carbocycles. The maximum atomic E-state index is 13.5. The normalized spacial score (nSPS) is 11.0. The molecule has 4 nitrogen and oxygen atoms in total. The Morgan fingerprint density at radius 2 is 2.08 bits per heavy atom. The molecule has 3 aromatic heterocycles. The minimum atomic E-state index is -0.311. The number of rotatable bonds is 5. The van der Waals surface area contributed by atoms with E-state index in [1.54, 1.807) is 28.5 Å². The SMILES string of the molecule is O=C(Cc1cccs1)N(Cc1ccccn1)c1nc2ccc(F)cc2s1. The highest BCUT2D eigenvalue weighted by atomic mass is 32.1. The van der Waals surface area contributed by atoms with Crippen molar-refractivity contribution in [2.45, 2.75) is 13.0 Å². The summed E-state index contributed by atoms with van der Waals surface area (Å²) in [5.74, 6) is -0.369. The Kier molecular flexibility index (Phi) is 4.73. The summed E-state index contributed by atoms with van der Waals surface area (Å²) in [7, 11) is 0. The molecule has 0 unspecified atom stereocenters. The quantitative estimate of drug-likeness (QED) is 0.503. The number of benzene rings is 1. The number of fused-ring (bicyclic) bond motifs is 1. The van der Waals surface area contributed by atoms with Gasteiger partial charge in [-0.1, -0.05) is 23.5 Å². The number of carbonyl (C=O) groups excluding carboxylic acids is 1. The molecule has 0 radical (unpaired) electrons. The number of hydrogen-bond acceptors (Lipinski definition) is 5. The minimum Gasteiger partial charge on any atom is -0.282 e. The van der Waals surface area contributed by atoms with Crippen molar-refractivity contribution in [3.05, 3.63) is 76.5 Å². The van der Waals surface area contributed by atoms with Gasteiger partial charge in [-0.3, -0.25) is 14.7 Å². The lowest BCUT2D eigenvalue weighted by atomic mass is 10.3. The molecule has 0 bridgehead atoms. The molecule has 0 N–H and O–H groups in total. The standard InChI is InChI=1S/C19H14FN3OS2/c20-13-6-7-16-17(10-13)26-19(22-16)23(12-14-4-1-2-8-21-14)18(24)11-15-5-3-9-25-15/h1-10H,11-12H2. The van der Waals surface area contributed by atoms with Gasteiger partial charge in [0.1, 0.15) is 5.82 Å². The van der Waals surface area contributed by atoms with E-state index in [1.165, 1.54) is 23.5 Å². The molecular formula is C19H14FN3OS2. The van der Waals surface area contributed by atoms with E-state index >= 15 is 0 Å². The number of amides is 1. The molecule has 0 aliphatic heterocycles. The molecule has 0 saturated heterocycles. The van der Waals surface area contributed by atoms with E-state index in [9.17, 15) is 9.18 Å². The van der Waals surface area contributed by atoms with E-state index in [0.29, 0.717) is 23.6 Å². The number of thiophene rings is 1. The molecule has 4 aromatic rings. The van der Waals surface area contributed by atoms with E-state index in [4.69, 9.17) is 0 Å². The molecular weight excluding hydrogens is 369 g/mol. The van der Waals surface area contributed by atoms with Crippen molar-refractivity contribution in [3.63, 3.8) is 0 Å². The number of aromatic nitrogens is 2. The van der Waals surface area contributed by atoms with Gasteiger partial charge in [-0.25, -0.2) is 9.37 Å². The average Bonchev–Trinajstić information content (AvgIpc) is 3.29. The Morgan fingerprint density at radius 1 is 1.15 bits per heavy atom. The summed E-state index contributed by atoms with van der Waals surface area (Å²) in [5, 5.41) is 2.50. The number of thiazole rings is 1. The molecule has 7 heteroatoms. The van der Waals surface area contributed by atoms with Crippen LogP contribution in [0.25, 0.3) is 10.2 Å². The highest BCUT2D eigenvalue weighted by Gasteiger charge is 2.21. The molecule has 0 spiro atoms. The molecule has 1 aromatic carbocycles. The van der Waals surface area contributed by atoms with Crippen LogP contribution >= 0.6 is 22.7 Å². The maximum Gasteiger partial charge on any atom is 0.234 e. The van der Waals surface area contributed by atoms with Crippen LogP contribution in [0, 0.1) is 5.82 Å². The molecule has 0 aliphatic rings. The topological polar surface area (TPSA) is 46.1 Å². The van der Waals surface area contributed by atoms with Gasteiger partial charge in [-0.2, -0.15) is 0 Å². The zero-order valence-corrected chi connectivity index (χ0v) is 15.3. The van der Waals surface area contributed by atoms with E-state index < -0.39 is 0 Å². The zero-order valence-electron chi connectivity index (χ0n) is 13.6. The van der Waals surface area contributed by atoms with Gasteiger partial charge >= 0.3 is 0 Å². The van der Waals surface area contributed by atoms with Gasteiger partial charge in [0.05, 0.1) is 28.9 Å². The van der Waals surface area contributed by atoms with Crippen LogP contribution in [0.1, 0.15) is 10.6 Å². The third-order valence-corrected chi connectivity index (χ3v) is 5.74. The molecule has 130 valence electrons. The van der Waals surface area contributed by atoms with Gasteiger partial charge < -0.3 is 0 Å². The van der Waals surface area contributed by atoms with E-state index in [2.05, 4.69) is 9.97 Å². The Labute approximate surface area is 157 Å². The highest BCUT2D eigenvalue weighted by molar-refractivity contribution is 7.22. The lowest BCUT2D eigenvalue weighted by molar-refractivity contribution is -0.118. The Balaban J connectivity index is 1.69. The van der Waals surface area contributed by atoms with Crippen LogP contribution in [0.5, 0.6) is 0 Å². The summed E-state index contributed by atoms with van der Waals surface area (Å²) in [6.45, 7) is 0.327. The fourth-order valence-corrected chi connectivity index (χ4v) is 4.28. The second-order valence-corrected chi connectivity index (χ2v) is 7.71. The second-order valence-electron chi connectivity index (χ2n) is 5.67. The molecule has 3 heterocycles. The van der Waals surface area contributed by atoms with Crippen LogP contribution in [0.2, 0.25) is 0 Å². The second kappa shape index (κ2) is 7.31. The van der Waals surface area contributed by atoms with Crippen molar-refractivity contribution in [1.82, 2.24) is 9.97 Å². The van der Waals surface area contributed by atoms with Crippen LogP contribution in [-0.2, 0) is 17.8 Å². The fourth-order valence-electron chi connectivity index (χ4n) is 2.58. The lowest BCUT2D eigenvalue weighted by Gasteiger charge is -2.19. The van der Waals surface area contributed by atoms with Gasteiger partial charge in [-0.15, -0.1) is 11.3 Å². The maximum absolute atomic E-state index is 13.5. The monoisotopic (exact) mass is 383 g/mol. The van der Waals surface area contributed by atoms with E-state index in [1.807, 2.05) is 35.7 Å². The molecule has 0 atom stereocenters. The predicted molar refractivity (Wildman–Crippen MR) is 103 cm³/mol. The Hall–Kier alpha value is -2.64. The summed E-state index contributed by atoms with van der Waals surface area (Å²) in [4.78, 5) is 24.4. The van der Waals surface area contributed by atoms with Gasteiger partial charge in [-0.05, 0) is 41.8 Å². The van der Waals surface area contributed by atoms with Crippen molar-refractivity contribution in [3.8, 4) is 0 Å².